The Morgan fingerprint density at radius 2 is 2.16 bits per heavy atom. The largest absolute Gasteiger partial charge is 0.431 e. The van der Waals surface area contributed by atoms with Crippen LogP contribution in [0, 0.1) is 0 Å². The Balaban J connectivity index is 1.86. The van der Waals surface area contributed by atoms with Crippen LogP contribution in [0.1, 0.15) is 25.3 Å². The van der Waals surface area contributed by atoms with E-state index in [2.05, 4.69) is 10.3 Å². The Kier molecular flexibility index (Phi) is 4.92. The molecule has 1 aromatic heterocycles. The van der Waals surface area contributed by atoms with Gasteiger partial charge in [0.25, 0.3) is 5.19 Å². The average Bonchev–Trinajstić information content (AvgIpc) is 2.91. The summed E-state index contributed by atoms with van der Waals surface area (Å²) in [6, 6.07) is 7.63. The third kappa shape index (κ3) is 4.37. The second-order valence-electron chi connectivity index (χ2n) is 4.07. The number of rotatable bonds is 6. The molecule has 1 amide bonds. The molecule has 2 aromatic rings. The van der Waals surface area contributed by atoms with E-state index in [1.165, 1.54) is 11.3 Å². The SMILES string of the molecule is CCCC(=O)NCc1ccc(Oc2nccs2)cc1. The number of nitrogens with zero attached hydrogens (tertiary/aromatic N) is 1. The molecule has 1 heterocycles. The summed E-state index contributed by atoms with van der Waals surface area (Å²) in [6.45, 7) is 2.54. The molecule has 0 spiro atoms. The number of nitrogens with one attached hydrogen (secondary N) is 1. The van der Waals surface area contributed by atoms with E-state index in [1.54, 1.807) is 6.20 Å². The lowest BCUT2D eigenvalue weighted by Crippen LogP contribution is -2.21. The molecule has 0 saturated carbocycles. The highest BCUT2D eigenvalue weighted by molar-refractivity contribution is 7.11. The zero-order chi connectivity index (χ0) is 13.5. The second kappa shape index (κ2) is 6.89. The number of benzene rings is 1. The highest BCUT2D eigenvalue weighted by Gasteiger charge is 2.01. The summed E-state index contributed by atoms with van der Waals surface area (Å²) in [5.41, 5.74) is 1.05. The third-order valence-electron chi connectivity index (χ3n) is 2.50. The van der Waals surface area contributed by atoms with Crippen molar-refractivity contribution in [1.29, 1.82) is 0 Å². The molecular weight excluding hydrogens is 260 g/mol. The molecule has 0 aliphatic rings. The maximum Gasteiger partial charge on any atom is 0.278 e. The lowest BCUT2D eigenvalue weighted by molar-refractivity contribution is -0.121. The maximum absolute atomic E-state index is 11.4. The number of thiazole rings is 1. The predicted octanol–water partition coefficient (Wildman–Crippen LogP) is 3.35. The maximum atomic E-state index is 11.4. The van der Waals surface area contributed by atoms with Crippen LogP contribution in [-0.2, 0) is 11.3 Å². The number of hydrogen-bond donors (Lipinski definition) is 1. The summed E-state index contributed by atoms with van der Waals surface area (Å²) < 4.78 is 5.56. The van der Waals surface area contributed by atoms with Gasteiger partial charge in [-0.3, -0.25) is 4.79 Å². The van der Waals surface area contributed by atoms with Gasteiger partial charge in [0.05, 0.1) is 0 Å². The first kappa shape index (κ1) is 13.5. The van der Waals surface area contributed by atoms with Crippen molar-refractivity contribution in [1.82, 2.24) is 10.3 Å². The van der Waals surface area contributed by atoms with Gasteiger partial charge >= 0.3 is 0 Å². The second-order valence-corrected chi connectivity index (χ2v) is 4.93. The molecule has 0 fully saturated rings. The van der Waals surface area contributed by atoms with Crippen LogP contribution in [-0.4, -0.2) is 10.9 Å². The molecule has 100 valence electrons. The van der Waals surface area contributed by atoms with Crippen LogP contribution in [0.5, 0.6) is 10.9 Å². The number of ether oxygens (including phenoxy) is 1. The highest BCUT2D eigenvalue weighted by Crippen LogP contribution is 2.23. The summed E-state index contributed by atoms with van der Waals surface area (Å²) in [7, 11) is 0. The molecule has 5 heteroatoms. The number of carbonyl (C=O) groups excluding carboxylic acids is 1. The molecule has 0 saturated heterocycles. The lowest BCUT2D eigenvalue weighted by atomic mass is 10.2. The fourth-order valence-electron chi connectivity index (χ4n) is 1.55. The van der Waals surface area contributed by atoms with Crippen molar-refractivity contribution in [2.24, 2.45) is 0 Å². The van der Waals surface area contributed by atoms with E-state index < -0.39 is 0 Å². The van der Waals surface area contributed by atoms with Crippen LogP contribution in [0.15, 0.2) is 35.8 Å². The molecule has 4 nitrogen and oxygen atoms in total. The van der Waals surface area contributed by atoms with Crippen LogP contribution in [0.3, 0.4) is 0 Å². The van der Waals surface area contributed by atoms with E-state index in [0.29, 0.717) is 18.2 Å². The van der Waals surface area contributed by atoms with Crippen molar-refractivity contribution in [2.75, 3.05) is 0 Å². The number of carbonyl (C=O) groups is 1. The zero-order valence-electron chi connectivity index (χ0n) is 10.8. The van der Waals surface area contributed by atoms with Crippen LogP contribution < -0.4 is 10.1 Å². The molecular formula is C14H16N2O2S. The van der Waals surface area contributed by atoms with Crippen molar-refractivity contribution < 1.29 is 9.53 Å². The molecule has 1 aromatic carbocycles. The van der Waals surface area contributed by atoms with E-state index in [0.717, 1.165) is 17.7 Å². The Morgan fingerprint density at radius 1 is 1.37 bits per heavy atom. The Hall–Kier alpha value is -1.88. The van der Waals surface area contributed by atoms with E-state index in [-0.39, 0.29) is 5.91 Å². The van der Waals surface area contributed by atoms with Gasteiger partial charge in [0, 0.05) is 24.5 Å². The van der Waals surface area contributed by atoms with Crippen molar-refractivity contribution in [3.63, 3.8) is 0 Å². The third-order valence-corrected chi connectivity index (χ3v) is 3.15. The summed E-state index contributed by atoms with van der Waals surface area (Å²) >= 11 is 1.45. The lowest BCUT2D eigenvalue weighted by Gasteiger charge is -2.06. The van der Waals surface area contributed by atoms with Gasteiger partial charge in [-0.2, -0.15) is 0 Å². The monoisotopic (exact) mass is 276 g/mol. The van der Waals surface area contributed by atoms with E-state index in [4.69, 9.17) is 4.74 Å². The predicted molar refractivity (Wildman–Crippen MR) is 75.4 cm³/mol. The quantitative estimate of drug-likeness (QED) is 0.880. The van der Waals surface area contributed by atoms with Crippen molar-refractivity contribution >= 4 is 17.2 Å². The summed E-state index contributed by atoms with van der Waals surface area (Å²) in [6.07, 6.45) is 3.15. The molecule has 1 N–H and O–H groups in total. The van der Waals surface area contributed by atoms with Gasteiger partial charge in [0.15, 0.2) is 0 Å². The molecule has 0 aliphatic heterocycles. The molecule has 0 atom stereocenters. The number of hydrogen-bond acceptors (Lipinski definition) is 4. The number of amides is 1. The van der Waals surface area contributed by atoms with Gasteiger partial charge in [0.2, 0.25) is 5.91 Å². The smallest absolute Gasteiger partial charge is 0.278 e. The first-order chi connectivity index (χ1) is 9.28. The Morgan fingerprint density at radius 3 is 2.79 bits per heavy atom. The van der Waals surface area contributed by atoms with Gasteiger partial charge in [-0.25, -0.2) is 4.98 Å². The van der Waals surface area contributed by atoms with Gasteiger partial charge in [-0.05, 0) is 24.1 Å². The standard InChI is InChI=1S/C14H16N2O2S/c1-2-3-13(17)16-10-11-4-6-12(7-5-11)18-14-15-8-9-19-14/h4-9H,2-3,10H2,1H3,(H,16,17). The Bertz CT molecular complexity index is 509. The minimum absolute atomic E-state index is 0.0885. The van der Waals surface area contributed by atoms with Crippen molar-refractivity contribution in [3.8, 4) is 10.9 Å². The van der Waals surface area contributed by atoms with Crippen LogP contribution in [0.2, 0.25) is 0 Å². The Labute approximate surface area is 116 Å². The average molecular weight is 276 g/mol. The van der Waals surface area contributed by atoms with E-state index >= 15 is 0 Å². The van der Waals surface area contributed by atoms with Crippen molar-refractivity contribution in [3.05, 3.63) is 41.4 Å². The summed E-state index contributed by atoms with van der Waals surface area (Å²) in [5, 5.41) is 5.37. The highest BCUT2D eigenvalue weighted by atomic mass is 32.1. The minimum Gasteiger partial charge on any atom is -0.431 e. The summed E-state index contributed by atoms with van der Waals surface area (Å²) in [5.74, 6) is 0.837. The molecule has 0 radical (unpaired) electrons. The van der Waals surface area contributed by atoms with Crippen molar-refractivity contribution in [2.45, 2.75) is 26.3 Å². The van der Waals surface area contributed by atoms with E-state index in [1.807, 2.05) is 36.6 Å². The van der Waals surface area contributed by atoms with Crippen LogP contribution in [0.4, 0.5) is 0 Å². The van der Waals surface area contributed by atoms with Gasteiger partial charge < -0.3 is 10.1 Å². The normalized spacial score (nSPS) is 10.2. The number of aromatic nitrogens is 1. The van der Waals surface area contributed by atoms with Gasteiger partial charge in [-0.1, -0.05) is 30.4 Å². The zero-order valence-corrected chi connectivity index (χ0v) is 11.6. The molecule has 2 rings (SSSR count). The minimum atomic E-state index is 0.0885. The summed E-state index contributed by atoms with van der Waals surface area (Å²) in [4.78, 5) is 15.4. The molecule has 19 heavy (non-hydrogen) atoms. The first-order valence-electron chi connectivity index (χ1n) is 6.21. The van der Waals surface area contributed by atoms with Gasteiger partial charge in [-0.15, -0.1) is 0 Å². The molecule has 0 unspecified atom stereocenters. The fourth-order valence-corrected chi connectivity index (χ4v) is 2.06. The van der Waals surface area contributed by atoms with Crippen LogP contribution >= 0.6 is 11.3 Å². The van der Waals surface area contributed by atoms with E-state index in [9.17, 15) is 4.79 Å². The molecule has 0 bridgehead atoms. The van der Waals surface area contributed by atoms with Gasteiger partial charge in [0.1, 0.15) is 5.75 Å². The topological polar surface area (TPSA) is 51.2 Å². The fraction of sp³-hybridized carbons (Fsp3) is 0.286. The first-order valence-corrected chi connectivity index (χ1v) is 7.09. The molecule has 0 aliphatic carbocycles. The van der Waals surface area contributed by atoms with Crippen LogP contribution in [0.25, 0.3) is 0 Å².